The van der Waals surface area contributed by atoms with Crippen LogP contribution in [0.1, 0.15) is 23.9 Å². The number of hydrogen-bond acceptors (Lipinski definition) is 3. The molecule has 0 saturated heterocycles. The van der Waals surface area contributed by atoms with Gasteiger partial charge in [-0.25, -0.2) is 9.98 Å². The van der Waals surface area contributed by atoms with Crippen molar-refractivity contribution in [2.45, 2.75) is 26.3 Å². The topological polar surface area (TPSA) is 63.5 Å². The molecule has 1 aromatic carbocycles. The van der Waals surface area contributed by atoms with Crippen LogP contribution in [-0.4, -0.2) is 35.2 Å². The fourth-order valence-electron chi connectivity index (χ4n) is 2.76. The molecule has 0 bridgehead atoms. The molecule has 2 aromatic rings. The average Bonchev–Trinajstić information content (AvgIpc) is 3.21. The zero-order chi connectivity index (χ0) is 16.8. The van der Waals surface area contributed by atoms with Gasteiger partial charge < -0.3 is 19.9 Å². The first kappa shape index (κ1) is 19.6. The van der Waals surface area contributed by atoms with E-state index in [0.717, 1.165) is 50.1 Å². The molecule has 0 unspecified atom stereocenters. The number of fused-ring (bicyclic) bond motifs is 1. The van der Waals surface area contributed by atoms with Gasteiger partial charge in [-0.1, -0.05) is 12.1 Å². The number of benzene rings is 1. The van der Waals surface area contributed by atoms with E-state index in [9.17, 15) is 0 Å². The lowest BCUT2D eigenvalue weighted by molar-refractivity contribution is 0.357. The number of aryl methyl sites for hydroxylation is 1. The van der Waals surface area contributed by atoms with Crippen molar-refractivity contribution in [2.75, 3.05) is 19.7 Å². The van der Waals surface area contributed by atoms with Gasteiger partial charge in [0, 0.05) is 39.0 Å². The Hall–Kier alpha value is -1.77. The summed E-state index contributed by atoms with van der Waals surface area (Å²) in [6, 6.07) is 6.48. The zero-order valence-corrected chi connectivity index (χ0v) is 17.1. The lowest BCUT2D eigenvalue weighted by atomic mass is 10.1. The first-order valence-corrected chi connectivity index (χ1v) is 8.49. The molecule has 1 aromatic heterocycles. The molecule has 6 nitrogen and oxygen atoms in total. The molecule has 0 aliphatic carbocycles. The van der Waals surface area contributed by atoms with Gasteiger partial charge in [-0.2, -0.15) is 0 Å². The van der Waals surface area contributed by atoms with Crippen molar-refractivity contribution < 1.29 is 4.74 Å². The Morgan fingerprint density at radius 1 is 1.36 bits per heavy atom. The summed E-state index contributed by atoms with van der Waals surface area (Å²) < 4.78 is 7.54. The number of hydrogen-bond donors (Lipinski definition) is 2. The number of guanidine groups is 1. The molecule has 0 amide bonds. The minimum atomic E-state index is 0. The molecule has 1 aliphatic rings. The SMILES string of the molecule is CCNC(=NCc1nccn1C)NCCc1ccc2c(c1)CCO2.I. The van der Waals surface area contributed by atoms with Gasteiger partial charge in [0.1, 0.15) is 18.1 Å². The quantitative estimate of drug-likeness (QED) is 0.399. The first-order valence-electron chi connectivity index (χ1n) is 8.49. The van der Waals surface area contributed by atoms with Crippen molar-refractivity contribution >= 4 is 29.9 Å². The molecule has 7 heteroatoms. The van der Waals surface area contributed by atoms with Crippen molar-refractivity contribution in [1.82, 2.24) is 20.2 Å². The van der Waals surface area contributed by atoms with Gasteiger partial charge in [-0.05, 0) is 30.5 Å². The van der Waals surface area contributed by atoms with E-state index < -0.39 is 0 Å². The van der Waals surface area contributed by atoms with E-state index in [1.165, 1.54) is 11.1 Å². The molecule has 25 heavy (non-hydrogen) atoms. The Bertz CT molecular complexity index is 713. The van der Waals surface area contributed by atoms with Crippen molar-refractivity contribution in [3.05, 3.63) is 47.5 Å². The van der Waals surface area contributed by atoms with Crippen LogP contribution in [0, 0.1) is 0 Å². The lowest BCUT2D eigenvalue weighted by Gasteiger charge is -2.11. The first-order chi connectivity index (χ1) is 11.8. The third-order valence-electron chi connectivity index (χ3n) is 4.10. The molecule has 1 aliphatic heterocycles. The predicted molar refractivity (Wildman–Crippen MR) is 111 cm³/mol. The van der Waals surface area contributed by atoms with E-state index in [4.69, 9.17) is 4.74 Å². The summed E-state index contributed by atoms with van der Waals surface area (Å²) in [7, 11) is 1.98. The maximum absolute atomic E-state index is 5.55. The molecule has 0 atom stereocenters. The second-order valence-corrected chi connectivity index (χ2v) is 5.87. The summed E-state index contributed by atoms with van der Waals surface area (Å²) in [6.45, 7) is 5.11. The number of halogens is 1. The molecule has 0 spiro atoms. The second-order valence-electron chi connectivity index (χ2n) is 5.87. The van der Waals surface area contributed by atoms with Gasteiger partial charge in [-0.3, -0.25) is 0 Å². The molecular formula is C18H26IN5O. The van der Waals surface area contributed by atoms with Crippen LogP contribution in [0.2, 0.25) is 0 Å². The van der Waals surface area contributed by atoms with Crippen molar-refractivity contribution in [3.63, 3.8) is 0 Å². The summed E-state index contributed by atoms with van der Waals surface area (Å²) in [5.41, 5.74) is 2.65. The number of rotatable bonds is 6. The van der Waals surface area contributed by atoms with Gasteiger partial charge >= 0.3 is 0 Å². The van der Waals surface area contributed by atoms with Crippen LogP contribution in [0.25, 0.3) is 0 Å². The summed E-state index contributed by atoms with van der Waals surface area (Å²) in [5, 5.41) is 6.66. The van der Waals surface area contributed by atoms with Crippen molar-refractivity contribution in [3.8, 4) is 5.75 Å². The van der Waals surface area contributed by atoms with E-state index in [-0.39, 0.29) is 24.0 Å². The third-order valence-corrected chi connectivity index (χ3v) is 4.10. The number of imidazole rings is 1. The Labute approximate surface area is 166 Å². The molecule has 2 heterocycles. The standard InChI is InChI=1S/C18H25N5O.HI/c1-3-19-18(22-13-17-20-9-10-23(17)2)21-8-6-14-4-5-16-15(12-14)7-11-24-16;/h4-5,9-10,12H,3,6-8,11,13H2,1-2H3,(H2,19,21,22);1H. The Morgan fingerprint density at radius 2 is 2.24 bits per heavy atom. The smallest absolute Gasteiger partial charge is 0.191 e. The summed E-state index contributed by atoms with van der Waals surface area (Å²) >= 11 is 0. The fourth-order valence-corrected chi connectivity index (χ4v) is 2.76. The average molecular weight is 455 g/mol. The van der Waals surface area contributed by atoms with Gasteiger partial charge in [0.2, 0.25) is 0 Å². The summed E-state index contributed by atoms with van der Waals surface area (Å²) in [6.07, 6.45) is 5.70. The maximum Gasteiger partial charge on any atom is 0.191 e. The van der Waals surface area contributed by atoms with Gasteiger partial charge in [0.25, 0.3) is 0 Å². The van der Waals surface area contributed by atoms with Crippen LogP contribution in [0.15, 0.2) is 35.6 Å². The molecule has 0 fully saturated rings. The summed E-state index contributed by atoms with van der Waals surface area (Å²) in [4.78, 5) is 8.89. The van der Waals surface area contributed by atoms with Gasteiger partial charge in [0.15, 0.2) is 5.96 Å². The predicted octanol–water partition coefficient (Wildman–Crippen LogP) is 2.27. The number of aliphatic imine (C=N–C) groups is 1. The van der Waals surface area contributed by atoms with Crippen LogP contribution < -0.4 is 15.4 Å². The molecular weight excluding hydrogens is 429 g/mol. The highest BCUT2D eigenvalue weighted by Gasteiger charge is 2.11. The Balaban J connectivity index is 0.00000225. The number of ether oxygens (including phenoxy) is 1. The molecule has 0 saturated carbocycles. The Morgan fingerprint density at radius 3 is 3.00 bits per heavy atom. The van der Waals surface area contributed by atoms with E-state index in [1.807, 2.05) is 17.8 Å². The van der Waals surface area contributed by atoms with Crippen LogP contribution in [0.5, 0.6) is 5.75 Å². The largest absolute Gasteiger partial charge is 0.493 e. The van der Waals surface area contributed by atoms with Gasteiger partial charge in [0.05, 0.1) is 6.61 Å². The minimum absolute atomic E-state index is 0. The van der Waals surface area contributed by atoms with Crippen LogP contribution in [-0.2, 0) is 26.4 Å². The minimum Gasteiger partial charge on any atom is -0.493 e. The monoisotopic (exact) mass is 455 g/mol. The Kier molecular flexibility index (Phi) is 7.54. The van der Waals surface area contributed by atoms with E-state index in [2.05, 4.69) is 45.7 Å². The van der Waals surface area contributed by atoms with Crippen LogP contribution in [0.4, 0.5) is 0 Å². The fraction of sp³-hybridized carbons (Fsp3) is 0.444. The van der Waals surface area contributed by atoms with Crippen molar-refractivity contribution in [2.24, 2.45) is 12.0 Å². The highest BCUT2D eigenvalue weighted by Crippen LogP contribution is 2.25. The highest BCUT2D eigenvalue weighted by molar-refractivity contribution is 14.0. The van der Waals surface area contributed by atoms with E-state index in [1.54, 1.807) is 6.20 Å². The zero-order valence-electron chi connectivity index (χ0n) is 14.8. The van der Waals surface area contributed by atoms with Gasteiger partial charge in [-0.15, -0.1) is 24.0 Å². The molecule has 3 rings (SSSR count). The summed E-state index contributed by atoms with van der Waals surface area (Å²) in [5.74, 6) is 2.81. The molecule has 0 radical (unpaired) electrons. The second kappa shape index (κ2) is 9.65. The highest BCUT2D eigenvalue weighted by atomic mass is 127. The third kappa shape index (κ3) is 5.35. The van der Waals surface area contributed by atoms with Crippen LogP contribution in [0.3, 0.4) is 0 Å². The van der Waals surface area contributed by atoms with Crippen molar-refractivity contribution in [1.29, 1.82) is 0 Å². The van der Waals surface area contributed by atoms with E-state index >= 15 is 0 Å². The number of nitrogens with one attached hydrogen (secondary N) is 2. The normalized spacial score (nSPS) is 13.0. The lowest BCUT2D eigenvalue weighted by Crippen LogP contribution is -2.38. The van der Waals surface area contributed by atoms with E-state index in [0.29, 0.717) is 6.54 Å². The molecule has 136 valence electrons. The maximum atomic E-state index is 5.55. The number of aromatic nitrogens is 2. The van der Waals surface area contributed by atoms with Crippen LogP contribution >= 0.6 is 24.0 Å². The number of nitrogens with zero attached hydrogens (tertiary/aromatic N) is 3. The molecule has 2 N–H and O–H groups in total.